The number of allylic oxidation sites excluding steroid dienone is 14. The normalized spacial score (nSPS) is 25.9. The largest absolute Gasteiger partial charge is 1.00 e. The van der Waals surface area contributed by atoms with Gasteiger partial charge in [0, 0.05) is 0 Å². The molecule has 39 heavy (non-hydrogen) atoms. The van der Waals surface area contributed by atoms with E-state index in [0.717, 1.165) is 19.3 Å². The Morgan fingerprint density at radius 2 is 1.31 bits per heavy atom. The van der Waals surface area contributed by atoms with Gasteiger partial charge in [0.15, 0.2) is 0 Å². The fourth-order valence-electron chi connectivity index (χ4n) is 7.56. The molecule has 0 fully saturated rings. The van der Waals surface area contributed by atoms with E-state index < -0.39 is 0 Å². The molecule has 0 spiro atoms. The summed E-state index contributed by atoms with van der Waals surface area (Å²) in [5.41, 5.74) is 17.0. The SMILES string of the molecule is CCC1=CC(C(C)[C-]=C(C)C(C)=[C-]C(C)C2=C(C)C(C)=C(C(C)C3=C(C)C(C)=C(C)C3)C2)C(C)(C)C1(C)C.[1H-].[K+]. The van der Waals surface area contributed by atoms with Crippen molar-refractivity contribution in [2.75, 3.05) is 0 Å². The third-order valence-corrected chi connectivity index (χ3v) is 11.6. The fraction of sp³-hybridized carbons (Fsp3) is 0.632. The summed E-state index contributed by atoms with van der Waals surface area (Å²) in [6.07, 6.45) is 13.7. The van der Waals surface area contributed by atoms with Gasteiger partial charge < -0.3 is 24.7 Å². The van der Waals surface area contributed by atoms with Gasteiger partial charge in [-0.1, -0.05) is 95.2 Å². The summed E-state index contributed by atoms with van der Waals surface area (Å²) >= 11 is 0. The molecule has 3 aliphatic carbocycles. The summed E-state index contributed by atoms with van der Waals surface area (Å²) in [6.45, 7) is 35.3. The van der Waals surface area contributed by atoms with Crippen molar-refractivity contribution in [3.8, 4) is 0 Å². The molecule has 4 atom stereocenters. The van der Waals surface area contributed by atoms with Crippen LogP contribution in [0.2, 0.25) is 0 Å². The maximum atomic E-state index is 3.89. The summed E-state index contributed by atoms with van der Waals surface area (Å²) < 4.78 is 0. The van der Waals surface area contributed by atoms with Crippen LogP contribution in [0.4, 0.5) is 0 Å². The van der Waals surface area contributed by atoms with Gasteiger partial charge in [-0.15, -0.1) is 19.8 Å². The van der Waals surface area contributed by atoms with Gasteiger partial charge in [-0.05, 0) is 98.8 Å². The molecule has 1 heteroatoms. The molecule has 0 aromatic heterocycles. The standard InChI is InChI=1S/C38H56.K.H/c1-16-32-20-36(38(14,15)37(32,12)13)26(6)18-23(3)22(2)17-25(5)33-21-35(30(10)29(33)9)31(11)34-19-24(4)27(7)28(34)8;;/h20,25-26,31,36H,16,19,21H2,1-15H3;;/q-2;+1;-1/i;;1+0. The van der Waals surface area contributed by atoms with Gasteiger partial charge >= 0.3 is 51.4 Å². The van der Waals surface area contributed by atoms with Crippen LogP contribution in [0.15, 0.2) is 67.4 Å². The molecule has 0 saturated heterocycles. The second kappa shape index (κ2) is 13.0. The zero-order valence-electron chi connectivity index (χ0n) is 29.5. The van der Waals surface area contributed by atoms with Gasteiger partial charge in [-0.2, -0.15) is 0 Å². The maximum absolute atomic E-state index is 3.89. The molecule has 0 saturated carbocycles. The van der Waals surface area contributed by atoms with E-state index in [1.807, 2.05) is 0 Å². The molecule has 0 bridgehead atoms. The van der Waals surface area contributed by atoms with Crippen LogP contribution < -0.4 is 51.4 Å². The van der Waals surface area contributed by atoms with E-state index in [2.05, 4.69) is 122 Å². The van der Waals surface area contributed by atoms with Crippen LogP contribution in [0.1, 0.15) is 125 Å². The van der Waals surface area contributed by atoms with Crippen LogP contribution in [0.5, 0.6) is 0 Å². The molecule has 4 unspecified atom stereocenters. The van der Waals surface area contributed by atoms with Gasteiger partial charge in [-0.3, -0.25) is 0 Å². The molecule has 0 amide bonds. The first kappa shape index (κ1) is 35.0. The van der Waals surface area contributed by atoms with Gasteiger partial charge in [0.2, 0.25) is 0 Å². The molecule has 0 radical (unpaired) electrons. The van der Waals surface area contributed by atoms with Crippen molar-refractivity contribution in [2.24, 2.45) is 34.5 Å². The Morgan fingerprint density at radius 3 is 1.79 bits per heavy atom. The van der Waals surface area contributed by atoms with Gasteiger partial charge in [0.25, 0.3) is 0 Å². The molecule has 3 rings (SSSR count). The van der Waals surface area contributed by atoms with Crippen molar-refractivity contribution in [2.45, 2.75) is 123 Å². The zero-order valence-corrected chi connectivity index (χ0v) is 31.6. The summed E-state index contributed by atoms with van der Waals surface area (Å²) in [4.78, 5) is 0. The van der Waals surface area contributed by atoms with E-state index in [1.165, 1.54) is 33.4 Å². The third kappa shape index (κ3) is 6.44. The topological polar surface area (TPSA) is 0 Å². The van der Waals surface area contributed by atoms with Crippen molar-refractivity contribution in [1.82, 2.24) is 0 Å². The first-order chi connectivity index (χ1) is 17.5. The van der Waals surface area contributed by atoms with Crippen LogP contribution in [-0.2, 0) is 0 Å². The Kier molecular flexibility index (Phi) is 11.7. The average Bonchev–Trinajstić information content (AvgIpc) is 3.35. The molecule has 0 aromatic carbocycles. The van der Waals surface area contributed by atoms with Gasteiger partial charge in [0.05, 0.1) is 0 Å². The predicted molar refractivity (Wildman–Crippen MR) is 169 cm³/mol. The average molecular weight is 553 g/mol. The Balaban J connectivity index is 0.00000400. The third-order valence-electron chi connectivity index (χ3n) is 11.6. The van der Waals surface area contributed by atoms with E-state index in [1.54, 1.807) is 27.9 Å². The summed E-state index contributed by atoms with van der Waals surface area (Å²) in [5.74, 6) is 1.73. The Labute approximate surface area is 287 Å². The van der Waals surface area contributed by atoms with Gasteiger partial charge in [0.1, 0.15) is 0 Å². The minimum absolute atomic E-state index is 0. The molecule has 0 aliphatic heterocycles. The number of rotatable bonds is 8. The van der Waals surface area contributed by atoms with Crippen LogP contribution in [0.25, 0.3) is 0 Å². The van der Waals surface area contributed by atoms with E-state index in [4.69, 9.17) is 0 Å². The minimum atomic E-state index is 0. The molecule has 0 aromatic rings. The second-order valence-corrected chi connectivity index (χ2v) is 13.9. The molecule has 0 N–H and O–H groups in total. The zero-order chi connectivity index (χ0) is 28.9. The van der Waals surface area contributed by atoms with Crippen LogP contribution in [0, 0.1) is 46.7 Å². The van der Waals surface area contributed by atoms with Crippen LogP contribution >= 0.6 is 0 Å². The number of hydrogen-bond donors (Lipinski definition) is 0. The van der Waals surface area contributed by atoms with E-state index >= 15 is 0 Å². The van der Waals surface area contributed by atoms with Crippen molar-refractivity contribution >= 4 is 0 Å². The van der Waals surface area contributed by atoms with E-state index in [0.29, 0.717) is 23.7 Å². The minimum Gasteiger partial charge on any atom is -1.00 e. The van der Waals surface area contributed by atoms with E-state index in [9.17, 15) is 0 Å². The smallest absolute Gasteiger partial charge is 1.00 e. The Morgan fingerprint density at radius 1 is 0.821 bits per heavy atom. The van der Waals surface area contributed by atoms with Crippen molar-refractivity contribution in [3.05, 3.63) is 79.5 Å². The quantitative estimate of drug-likeness (QED) is 0.122. The molecule has 212 valence electrons. The summed E-state index contributed by atoms with van der Waals surface area (Å²) in [6, 6.07) is 0. The van der Waals surface area contributed by atoms with Crippen molar-refractivity contribution < 1.29 is 52.8 Å². The molecule has 3 aliphatic rings. The molecule has 0 nitrogen and oxygen atoms in total. The summed E-state index contributed by atoms with van der Waals surface area (Å²) in [7, 11) is 0. The van der Waals surface area contributed by atoms with Crippen molar-refractivity contribution in [3.63, 3.8) is 0 Å². The summed E-state index contributed by atoms with van der Waals surface area (Å²) in [5, 5.41) is 0. The van der Waals surface area contributed by atoms with Crippen LogP contribution in [0.3, 0.4) is 0 Å². The first-order valence-corrected chi connectivity index (χ1v) is 15.1. The van der Waals surface area contributed by atoms with Crippen molar-refractivity contribution in [1.29, 1.82) is 0 Å². The molecular formula is C38H57K-2. The first-order valence-electron chi connectivity index (χ1n) is 15.1. The Bertz CT molecular complexity index is 1200. The number of hydrogen-bond acceptors (Lipinski definition) is 0. The molecule has 0 heterocycles. The van der Waals surface area contributed by atoms with Gasteiger partial charge in [-0.25, -0.2) is 0 Å². The van der Waals surface area contributed by atoms with Crippen LogP contribution in [-0.4, -0.2) is 0 Å². The van der Waals surface area contributed by atoms with E-state index in [-0.39, 0.29) is 63.6 Å². The maximum Gasteiger partial charge on any atom is 1.00 e. The Hall–Kier alpha value is -0.184. The fourth-order valence-corrected chi connectivity index (χ4v) is 7.56. The second-order valence-electron chi connectivity index (χ2n) is 13.9. The predicted octanol–water partition coefficient (Wildman–Crippen LogP) is 8.62. The molecular weight excluding hydrogens is 496 g/mol. The monoisotopic (exact) mass is 552 g/mol.